The molecule has 2 rings (SSSR count). The quantitative estimate of drug-likeness (QED) is 0.471. The zero-order chi connectivity index (χ0) is 19.7. The smallest absolute Gasteiger partial charge is 0.273 e. The van der Waals surface area contributed by atoms with Gasteiger partial charge in [-0.25, -0.2) is 8.78 Å². The van der Waals surface area contributed by atoms with E-state index in [0.29, 0.717) is 12.4 Å². The lowest BCUT2D eigenvalue weighted by molar-refractivity contribution is -0.133. The summed E-state index contributed by atoms with van der Waals surface area (Å²) in [6, 6.07) is 6.45. The van der Waals surface area contributed by atoms with Crippen LogP contribution in [0.5, 0.6) is 5.75 Å². The molecule has 0 unspecified atom stereocenters. The van der Waals surface area contributed by atoms with Crippen molar-refractivity contribution >= 4 is 5.91 Å². The highest BCUT2D eigenvalue weighted by atomic mass is 19.3. The molecule has 1 saturated carbocycles. The predicted molar refractivity (Wildman–Crippen MR) is 104 cm³/mol. The van der Waals surface area contributed by atoms with Gasteiger partial charge in [0.25, 0.3) is 5.92 Å². The summed E-state index contributed by atoms with van der Waals surface area (Å²) in [6.45, 7) is 2.59. The van der Waals surface area contributed by atoms with Crippen LogP contribution in [0.2, 0.25) is 0 Å². The zero-order valence-corrected chi connectivity index (χ0v) is 16.7. The van der Waals surface area contributed by atoms with Crippen molar-refractivity contribution in [2.75, 3.05) is 13.7 Å². The highest BCUT2D eigenvalue weighted by molar-refractivity contribution is 5.76. The van der Waals surface area contributed by atoms with Gasteiger partial charge < -0.3 is 9.64 Å². The molecule has 0 spiro atoms. The second-order valence-electron chi connectivity index (χ2n) is 7.58. The largest absolute Gasteiger partial charge is 0.494 e. The topological polar surface area (TPSA) is 29.5 Å². The Morgan fingerprint density at radius 3 is 2.67 bits per heavy atom. The number of halogens is 2. The van der Waals surface area contributed by atoms with Crippen LogP contribution in [0.25, 0.3) is 0 Å². The zero-order valence-electron chi connectivity index (χ0n) is 16.7. The van der Waals surface area contributed by atoms with E-state index < -0.39 is 5.92 Å². The Balaban J connectivity index is 1.83. The second-order valence-corrected chi connectivity index (χ2v) is 7.58. The number of hydrogen-bond donors (Lipinski definition) is 0. The molecular formula is C22H33F2NO2. The second kappa shape index (κ2) is 10.6. The molecule has 0 saturated heterocycles. The van der Waals surface area contributed by atoms with E-state index in [0.717, 1.165) is 38.5 Å². The summed E-state index contributed by atoms with van der Waals surface area (Å²) in [7, 11) is 1.81. The molecule has 1 amide bonds. The van der Waals surface area contributed by atoms with E-state index in [4.69, 9.17) is 4.74 Å². The third-order valence-electron chi connectivity index (χ3n) is 5.42. The van der Waals surface area contributed by atoms with Crippen LogP contribution < -0.4 is 4.74 Å². The lowest BCUT2D eigenvalue weighted by Crippen LogP contribution is -2.38. The van der Waals surface area contributed by atoms with E-state index in [9.17, 15) is 13.6 Å². The number of hydrogen-bond acceptors (Lipinski definition) is 2. The third-order valence-corrected chi connectivity index (χ3v) is 5.42. The molecule has 0 aliphatic heterocycles. The van der Waals surface area contributed by atoms with Gasteiger partial charge in [-0.2, -0.15) is 0 Å². The number of benzene rings is 1. The maximum Gasteiger partial charge on any atom is 0.273 e. The summed E-state index contributed by atoms with van der Waals surface area (Å²) in [6.07, 6.45) is 7.53. The van der Waals surface area contributed by atoms with Gasteiger partial charge in [-0.3, -0.25) is 4.79 Å². The Morgan fingerprint density at radius 2 is 1.96 bits per heavy atom. The third kappa shape index (κ3) is 6.78. The standard InChI is InChI=1S/C22H33F2NO2/c1-3-4-16-27-20-13-8-10-18(17-20)22(23,24)15-9-14-21(26)25(2)19-11-6-5-7-12-19/h8,10,13,17,19H,3-7,9,11-12,14-16H2,1-2H3. The van der Waals surface area contributed by atoms with Crippen molar-refractivity contribution in [2.24, 2.45) is 0 Å². The number of carbonyl (C=O) groups excluding carboxylic acids is 1. The van der Waals surface area contributed by atoms with Crippen molar-refractivity contribution in [1.82, 2.24) is 4.90 Å². The van der Waals surface area contributed by atoms with Crippen LogP contribution in [0, 0.1) is 0 Å². The lowest BCUT2D eigenvalue weighted by atomic mass is 9.94. The fourth-order valence-corrected chi connectivity index (χ4v) is 3.60. The predicted octanol–water partition coefficient (Wildman–Crippen LogP) is 5.92. The molecule has 152 valence electrons. The van der Waals surface area contributed by atoms with E-state index in [1.54, 1.807) is 17.0 Å². The first kappa shape index (κ1) is 21.6. The van der Waals surface area contributed by atoms with Crippen molar-refractivity contribution in [3.8, 4) is 5.75 Å². The molecule has 27 heavy (non-hydrogen) atoms. The van der Waals surface area contributed by atoms with E-state index >= 15 is 0 Å². The molecule has 0 heterocycles. The van der Waals surface area contributed by atoms with Crippen molar-refractivity contribution < 1.29 is 18.3 Å². The Morgan fingerprint density at radius 1 is 1.22 bits per heavy atom. The van der Waals surface area contributed by atoms with Gasteiger partial charge in [0.1, 0.15) is 5.75 Å². The van der Waals surface area contributed by atoms with Crippen LogP contribution in [0.1, 0.15) is 76.7 Å². The molecule has 1 aromatic rings. The summed E-state index contributed by atoms with van der Waals surface area (Å²) in [4.78, 5) is 14.1. The summed E-state index contributed by atoms with van der Waals surface area (Å²) in [5.74, 6) is -2.49. The Labute approximate surface area is 162 Å². The molecule has 0 aromatic heterocycles. The van der Waals surface area contributed by atoms with Crippen LogP contribution in [-0.4, -0.2) is 30.5 Å². The van der Waals surface area contributed by atoms with Gasteiger partial charge in [0.2, 0.25) is 5.91 Å². The first-order valence-electron chi connectivity index (χ1n) is 10.3. The Bertz CT molecular complexity index is 585. The van der Waals surface area contributed by atoms with Gasteiger partial charge in [0.15, 0.2) is 0 Å². The number of alkyl halides is 2. The van der Waals surface area contributed by atoms with Gasteiger partial charge in [-0.15, -0.1) is 0 Å². The average Bonchev–Trinajstić information content (AvgIpc) is 2.68. The maximum absolute atomic E-state index is 14.6. The van der Waals surface area contributed by atoms with Crippen LogP contribution in [0.15, 0.2) is 24.3 Å². The van der Waals surface area contributed by atoms with Crippen molar-refractivity contribution in [2.45, 2.75) is 83.1 Å². The number of ether oxygens (including phenoxy) is 1. The highest BCUT2D eigenvalue weighted by Crippen LogP contribution is 2.35. The summed E-state index contributed by atoms with van der Waals surface area (Å²) < 4.78 is 34.6. The van der Waals surface area contributed by atoms with Crippen molar-refractivity contribution in [3.63, 3.8) is 0 Å². The number of rotatable bonds is 10. The first-order chi connectivity index (χ1) is 12.9. The van der Waals surface area contributed by atoms with Crippen LogP contribution >= 0.6 is 0 Å². The van der Waals surface area contributed by atoms with Crippen molar-refractivity contribution in [3.05, 3.63) is 29.8 Å². The summed E-state index contributed by atoms with van der Waals surface area (Å²) in [5, 5.41) is 0. The SMILES string of the molecule is CCCCOc1cccc(C(F)(F)CCCC(=O)N(C)C2CCCCC2)c1. The minimum atomic E-state index is -2.95. The summed E-state index contributed by atoms with van der Waals surface area (Å²) in [5.41, 5.74) is -0.0374. The molecule has 3 nitrogen and oxygen atoms in total. The normalized spacial score (nSPS) is 15.6. The molecule has 0 N–H and O–H groups in total. The molecule has 1 aromatic carbocycles. The fourth-order valence-electron chi connectivity index (χ4n) is 3.60. The van der Waals surface area contributed by atoms with Crippen LogP contribution in [-0.2, 0) is 10.7 Å². The van der Waals surface area contributed by atoms with E-state index in [2.05, 4.69) is 6.92 Å². The van der Waals surface area contributed by atoms with Gasteiger partial charge in [-0.1, -0.05) is 44.7 Å². The minimum Gasteiger partial charge on any atom is -0.494 e. The Kier molecular flexibility index (Phi) is 8.52. The minimum absolute atomic E-state index is 0.0191. The average molecular weight is 382 g/mol. The first-order valence-corrected chi connectivity index (χ1v) is 10.3. The number of unbranched alkanes of at least 4 members (excludes halogenated alkanes) is 1. The monoisotopic (exact) mass is 381 g/mol. The van der Waals surface area contributed by atoms with Crippen molar-refractivity contribution in [1.29, 1.82) is 0 Å². The van der Waals surface area contributed by atoms with E-state index in [-0.39, 0.29) is 36.8 Å². The Hall–Kier alpha value is -1.65. The van der Waals surface area contributed by atoms with Crippen LogP contribution in [0.4, 0.5) is 8.78 Å². The summed E-state index contributed by atoms with van der Waals surface area (Å²) >= 11 is 0. The molecule has 5 heteroatoms. The molecule has 1 aliphatic rings. The molecule has 0 radical (unpaired) electrons. The van der Waals surface area contributed by atoms with E-state index in [1.807, 2.05) is 7.05 Å². The number of amides is 1. The molecule has 1 aliphatic carbocycles. The molecule has 1 fully saturated rings. The van der Waals surface area contributed by atoms with Crippen LogP contribution in [0.3, 0.4) is 0 Å². The number of carbonyl (C=O) groups is 1. The van der Waals surface area contributed by atoms with Gasteiger partial charge >= 0.3 is 0 Å². The highest BCUT2D eigenvalue weighted by Gasteiger charge is 2.32. The maximum atomic E-state index is 14.6. The van der Waals surface area contributed by atoms with E-state index in [1.165, 1.54) is 18.6 Å². The lowest BCUT2D eigenvalue weighted by Gasteiger charge is -2.31. The van der Waals surface area contributed by atoms with Gasteiger partial charge in [0.05, 0.1) is 6.61 Å². The molecular weight excluding hydrogens is 348 g/mol. The molecule has 0 bridgehead atoms. The van der Waals surface area contributed by atoms with Gasteiger partial charge in [-0.05, 0) is 37.8 Å². The molecule has 0 atom stereocenters. The fraction of sp³-hybridized carbons (Fsp3) is 0.682. The van der Waals surface area contributed by atoms with Gasteiger partial charge in [0, 0.05) is 31.5 Å². The number of nitrogens with zero attached hydrogens (tertiary/aromatic N) is 1.